The molecule has 2 aromatic rings. The Morgan fingerprint density at radius 1 is 1.30 bits per heavy atom. The van der Waals surface area contributed by atoms with Crippen LogP contribution in [0.25, 0.3) is 0 Å². The number of hydrogen-bond donors (Lipinski definition) is 0. The molecule has 1 atom stereocenters. The summed E-state index contributed by atoms with van der Waals surface area (Å²) in [5.41, 5.74) is 1.34. The highest BCUT2D eigenvalue weighted by Gasteiger charge is 2.23. The molecule has 2 nitrogen and oxygen atoms in total. The second kappa shape index (κ2) is 5.56. The predicted molar refractivity (Wildman–Crippen MR) is 76.5 cm³/mol. The molecule has 1 aliphatic rings. The summed E-state index contributed by atoms with van der Waals surface area (Å²) in [4.78, 5) is 1.30. The molecule has 0 bridgehead atoms. The third kappa shape index (κ3) is 2.50. The molecule has 100 valence electrons. The summed E-state index contributed by atoms with van der Waals surface area (Å²) >= 11 is 1.82. The van der Waals surface area contributed by atoms with Gasteiger partial charge in [0.05, 0.1) is 12.2 Å². The van der Waals surface area contributed by atoms with Gasteiger partial charge in [0.15, 0.2) is 0 Å². The van der Waals surface area contributed by atoms with Crippen molar-refractivity contribution in [2.75, 3.05) is 12.4 Å². The molecule has 0 saturated carbocycles. The minimum Gasteiger partial charge on any atom is -0.493 e. The summed E-state index contributed by atoms with van der Waals surface area (Å²) < 4.78 is 19.1. The van der Waals surface area contributed by atoms with Gasteiger partial charge in [0.2, 0.25) is 0 Å². The molecule has 20 heavy (non-hydrogen) atoms. The van der Waals surface area contributed by atoms with Gasteiger partial charge in [0.1, 0.15) is 17.6 Å². The fraction of sp³-hybridized carbons (Fsp3) is 0.188. The molecule has 0 fully saturated rings. The van der Waals surface area contributed by atoms with Crippen molar-refractivity contribution in [3.63, 3.8) is 0 Å². The maximum atomic E-state index is 13.5. The number of nitriles is 1. The van der Waals surface area contributed by atoms with E-state index in [1.165, 1.54) is 22.6 Å². The Bertz CT molecular complexity index is 680. The highest BCUT2D eigenvalue weighted by atomic mass is 32.2. The first-order valence-corrected chi connectivity index (χ1v) is 7.30. The van der Waals surface area contributed by atoms with Crippen molar-refractivity contribution in [2.45, 2.75) is 10.8 Å². The molecule has 0 saturated heterocycles. The Balaban J connectivity index is 1.69. The standard InChI is InChI=1S/C16H12FNOS/c17-15-7-13(6-5-11(15)8-18)19-9-12-10-20-16-4-2-1-3-14(12)16/h1-7,12H,9-10H2. The minimum atomic E-state index is -0.536. The van der Waals surface area contributed by atoms with Gasteiger partial charge in [0, 0.05) is 22.6 Å². The summed E-state index contributed by atoms with van der Waals surface area (Å²) in [7, 11) is 0. The number of rotatable bonds is 3. The first-order valence-electron chi connectivity index (χ1n) is 6.32. The van der Waals surface area contributed by atoms with Gasteiger partial charge in [-0.05, 0) is 23.8 Å². The van der Waals surface area contributed by atoms with Gasteiger partial charge in [-0.1, -0.05) is 18.2 Å². The summed E-state index contributed by atoms with van der Waals surface area (Å²) in [6, 6.07) is 14.4. The summed E-state index contributed by atoms with van der Waals surface area (Å²) in [6.07, 6.45) is 0. The van der Waals surface area contributed by atoms with Crippen LogP contribution >= 0.6 is 11.8 Å². The van der Waals surface area contributed by atoms with E-state index in [2.05, 4.69) is 12.1 Å². The van der Waals surface area contributed by atoms with Crippen molar-refractivity contribution < 1.29 is 9.13 Å². The van der Waals surface area contributed by atoms with E-state index in [0.29, 0.717) is 18.3 Å². The first-order chi connectivity index (χ1) is 9.78. The molecule has 0 N–H and O–H groups in total. The van der Waals surface area contributed by atoms with Gasteiger partial charge in [0.25, 0.3) is 0 Å². The molecule has 4 heteroatoms. The van der Waals surface area contributed by atoms with Gasteiger partial charge >= 0.3 is 0 Å². The van der Waals surface area contributed by atoms with Crippen LogP contribution in [0.1, 0.15) is 17.0 Å². The minimum absolute atomic E-state index is 0.0408. The number of nitrogens with zero attached hydrogens (tertiary/aromatic N) is 1. The highest BCUT2D eigenvalue weighted by Crippen LogP contribution is 2.39. The molecule has 1 unspecified atom stereocenters. The fourth-order valence-corrected chi connectivity index (χ4v) is 3.47. The zero-order chi connectivity index (χ0) is 13.9. The quantitative estimate of drug-likeness (QED) is 0.855. The van der Waals surface area contributed by atoms with Crippen LogP contribution in [-0.4, -0.2) is 12.4 Å². The van der Waals surface area contributed by atoms with Crippen LogP contribution in [0, 0.1) is 17.1 Å². The van der Waals surface area contributed by atoms with Crippen LogP contribution in [0.2, 0.25) is 0 Å². The van der Waals surface area contributed by atoms with E-state index in [4.69, 9.17) is 10.00 Å². The maximum Gasteiger partial charge on any atom is 0.144 e. The molecule has 0 spiro atoms. The van der Waals surface area contributed by atoms with Crippen LogP contribution in [-0.2, 0) is 0 Å². The first kappa shape index (κ1) is 13.0. The zero-order valence-electron chi connectivity index (χ0n) is 10.7. The van der Waals surface area contributed by atoms with Gasteiger partial charge in [-0.15, -0.1) is 11.8 Å². The molecule has 2 aromatic carbocycles. The maximum absolute atomic E-state index is 13.5. The van der Waals surface area contributed by atoms with Gasteiger partial charge in [-0.25, -0.2) is 4.39 Å². The summed E-state index contributed by atoms with van der Waals surface area (Å²) in [6.45, 7) is 0.523. The average molecular weight is 285 g/mol. The lowest BCUT2D eigenvalue weighted by Crippen LogP contribution is -2.09. The summed E-state index contributed by atoms with van der Waals surface area (Å²) in [5, 5.41) is 8.69. The monoisotopic (exact) mass is 285 g/mol. The third-order valence-corrected chi connectivity index (χ3v) is 4.56. The van der Waals surface area contributed by atoms with Gasteiger partial charge in [-0.2, -0.15) is 5.26 Å². The average Bonchev–Trinajstić information content (AvgIpc) is 2.88. The fourth-order valence-electron chi connectivity index (χ4n) is 2.24. The Morgan fingerprint density at radius 3 is 2.95 bits per heavy atom. The molecule has 1 aliphatic heterocycles. The lowest BCUT2D eigenvalue weighted by atomic mass is 10.0. The largest absolute Gasteiger partial charge is 0.493 e. The molecular formula is C16H12FNOS. The number of thioether (sulfide) groups is 1. The number of fused-ring (bicyclic) bond motifs is 1. The van der Waals surface area contributed by atoms with E-state index in [1.54, 1.807) is 12.1 Å². The predicted octanol–water partition coefficient (Wildman–Crippen LogP) is 3.97. The van der Waals surface area contributed by atoms with Crippen LogP contribution in [0.3, 0.4) is 0 Å². The van der Waals surface area contributed by atoms with E-state index >= 15 is 0 Å². The molecular weight excluding hydrogens is 273 g/mol. The van der Waals surface area contributed by atoms with Gasteiger partial charge in [-0.3, -0.25) is 0 Å². The van der Waals surface area contributed by atoms with E-state index in [9.17, 15) is 4.39 Å². The molecule has 1 heterocycles. The number of hydrogen-bond acceptors (Lipinski definition) is 3. The highest BCUT2D eigenvalue weighted by molar-refractivity contribution is 7.99. The lowest BCUT2D eigenvalue weighted by molar-refractivity contribution is 0.296. The van der Waals surface area contributed by atoms with Crippen molar-refractivity contribution in [3.8, 4) is 11.8 Å². The second-order valence-electron chi connectivity index (χ2n) is 4.61. The van der Waals surface area contributed by atoms with E-state index < -0.39 is 5.82 Å². The van der Waals surface area contributed by atoms with Crippen LogP contribution < -0.4 is 4.74 Å². The van der Waals surface area contributed by atoms with Crippen LogP contribution in [0.15, 0.2) is 47.4 Å². The van der Waals surface area contributed by atoms with Crippen molar-refractivity contribution in [1.29, 1.82) is 5.26 Å². The van der Waals surface area contributed by atoms with E-state index in [-0.39, 0.29) is 5.56 Å². The van der Waals surface area contributed by atoms with Crippen molar-refractivity contribution in [2.24, 2.45) is 0 Å². The van der Waals surface area contributed by atoms with Crippen molar-refractivity contribution >= 4 is 11.8 Å². The van der Waals surface area contributed by atoms with Crippen LogP contribution in [0.5, 0.6) is 5.75 Å². The summed E-state index contributed by atoms with van der Waals surface area (Å²) in [5.74, 6) is 1.25. The normalized spacial score (nSPS) is 16.5. The Kier molecular flexibility index (Phi) is 3.62. The zero-order valence-corrected chi connectivity index (χ0v) is 11.5. The van der Waals surface area contributed by atoms with Crippen molar-refractivity contribution in [3.05, 3.63) is 59.4 Å². The van der Waals surface area contributed by atoms with Gasteiger partial charge < -0.3 is 4.74 Å². The van der Waals surface area contributed by atoms with E-state index in [1.807, 2.05) is 23.9 Å². The third-order valence-electron chi connectivity index (χ3n) is 3.31. The number of ether oxygens (including phenoxy) is 1. The SMILES string of the molecule is N#Cc1ccc(OCC2CSc3ccccc32)cc1F. The Morgan fingerprint density at radius 2 is 2.15 bits per heavy atom. The number of halogens is 1. The second-order valence-corrected chi connectivity index (χ2v) is 5.67. The topological polar surface area (TPSA) is 33.0 Å². The Hall–Kier alpha value is -1.99. The molecule has 0 radical (unpaired) electrons. The smallest absolute Gasteiger partial charge is 0.144 e. The number of benzene rings is 2. The lowest BCUT2D eigenvalue weighted by Gasteiger charge is -2.12. The Labute approximate surface area is 121 Å². The van der Waals surface area contributed by atoms with Crippen molar-refractivity contribution in [1.82, 2.24) is 0 Å². The van der Waals surface area contributed by atoms with E-state index in [0.717, 1.165) is 5.75 Å². The van der Waals surface area contributed by atoms with Crippen LogP contribution in [0.4, 0.5) is 4.39 Å². The molecule has 0 aliphatic carbocycles. The molecule has 0 amide bonds. The molecule has 3 rings (SSSR count). The molecule has 0 aromatic heterocycles.